The lowest BCUT2D eigenvalue weighted by Crippen LogP contribution is -2.42. The fourth-order valence-corrected chi connectivity index (χ4v) is 3.04. The van der Waals surface area contributed by atoms with Gasteiger partial charge in [0.2, 0.25) is 0 Å². The molecule has 1 aromatic rings. The molecule has 0 aromatic carbocycles. The van der Waals surface area contributed by atoms with Gasteiger partial charge in [-0.15, -0.1) is 11.3 Å². The first-order valence-electron chi connectivity index (χ1n) is 5.37. The first kappa shape index (κ1) is 10.5. The molecule has 1 aliphatic rings. The minimum Gasteiger partial charge on any atom is -0.370 e. The zero-order valence-corrected chi connectivity index (χ0v) is 10.0. The third kappa shape index (κ3) is 1.86. The second-order valence-electron chi connectivity index (χ2n) is 3.75. The van der Waals surface area contributed by atoms with E-state index in [9.17, 15) is 0 Å². The summed E-state index contributed by atoms with van der Waals surface area (Å²) >= 11 is 1.85. The highest BCUT2D eigenvalue weighted by Gasteiger charge is 2.25. The molecule has 1 atom stereocenters. The van der Waals surface area contributed by atoms with Crippen molar-refractivity contribution in [2.24, 2.45) is 10.7 Å². The van der Waals surface area contributed by atoms with Gasteiger partial charge < -0.3 is 10.6 Å². The van der Waals surface area contributed by atoms with Crippen molar-refractivity contribution in [3.63, 3.8) is 0 Å². The maximum absolute atomic E-state index is 5.95. The van der Waals surface area contributed by atoms with E-state index in [2.05, 4.69) is 28.3 Å². The Kier molecular flexibility index (Phi) is 2.95. The standard InChI is InChI=1S/C11H17N3S/c1-3-13-11(12)14-6-4-10-9(8(14)2)5-7-15-10/h5,7-8H,3-4,6H2,1-2H3,(H2,12,13). The Morgan fingerprint density at radius 2 is 2.53 bits per heavy atom. The minimum atomic E-state index is 0.371. The van der Waals surface area contributed by atoms with Crippen LogP contribution in [0.5, 0.6) is 0 Å². The molecular formula is C11H17N3S. The SMILES string of the molecule is CCN=C(N)N1CCc2sccc2C1C. The Morgan fingerprint density at radius 1 is 1.73 bits per heavy atom. The second kappa shape index (κ2) is 4.23. The lowest BCUT2D eigenvalue weighted by molar-refractivity contribution is 0.317. The van der Waals surface area contributed by atoms with E-state index in [1.54, 1.807) is 0 Å². The predicted octanol–water partition coefficient (Wildman–Crippen LogP) is 2.00. The van der Waals surface area contributed by atoms with E-state index in [-0.39, 0.29) is 0 Å². The molecule has 2 heterocycles. The van der Waals surface area contributed by atoms with Crippen LogP contribution in [-0.4, -0.2) is 23.9 Å². The molecule has 3 nitrogen and oxygen atoms in total. The molecular weight excluding hydrogens is 206 g/mol. The van der Waals surface area contributed by atoms with Crippen LogP contribution < -0.4 is 5.73 Å². The van der Waals surface area contributed by atoms with Crippen molar-refractivity contribution in [2.75, 3.05) is 13.1 Å². The molecule has 0 bridgehead atoms. The smallest absolute Gasteiger partial charge is 0.191 e. The molecule has 0 aliphatic carbocycles. The van der Waals surface area contributed by atoms with Gasteiger partial charge in [0.05, 0.1) is 6.04 Å². The van der Waals surface area contributed by atoms with Crippen molar-refractivity contribution in [1.82, 2.24) is 4.90 Å². The summed E-state index contributed by atoms with van der Waals surface area (Å²) in [7, 11) is 0. The van der Waals surface area contributed by atoms with Crippen LogP contribution in [-0.2, 0) is 6.42 Å². The first-order valence-corrected chi connectivity index (χ1v) is 6.24. The Bertz CT molecular complexity index is 370. The molecule has 82 valence electrons. The van der Waals surface area contributed by atoms with Crippen LogP contribution in [0.4, 0.5) is 0 Å². The van der Waals surface area contributed by atoms with Crippen LogP contribution >= 0.6 is 11.3 Å². The highest BCUT2D eigenvalue weighted by molar-refractivity contribution is 7.10. The van der Waals surface area contributed by atoms with Crippen LogP contribution in [0.15, 0.2) is 16.4 Å². The summed E-state index contributed by atoms with van der Waals surface area (Å²) in [5.74, 6) is 0.682. The summed E-state index contributed by atoms with van der Waals surface area (Å²) in [6, 6.07) is 2.58. The monoisotopic (exact) mass is 223 g/mol. The third-order valence-electron chi connectivity index (χ3n) is 2.89. The summed E-state index contributed by atoms with van der Waals surface area (Å²) in [4.78, 5) is 7.98. The van der Waals surface area contributed by atoms with Crippen LogP contribution in [0.2, 0.25) is 0 Å². The van der Waals surface area contributed by atoms with Crippen LogP contribution in [0.3, 0.4) is 0 Å². The van der Waals surface area contributed by atoms with Crippen molar-refractivity contribution in [2.45, 2.75) is 26.3 Å². The third-order valence-corrected chi connectivity index (χ3v) is 3.89. The summed E-state index contributed by atoms with van der Waals surface area (Å²) in [6.07, 6.45) is 1.09. The van der Waals surface area contributed by atoms with Gasteiger partial charge in [-0.1, -0.05) is 0 Å². The van der Waals surface area contributed by atoms with Crippen LogP contribution in [0.25, 0.3) is 0 Å². The Balaban J connectivity index is 2.23. The normalized spacial score (nSPS) is 21.6. The summed E-state index contributed by atoms with van der Waals surface area (Å²) in [5.41, 5.74) is 7.37. The van der Waals surface area contributed by atoms with Gasteiger partial charge in [0.25, 0.3) is 0 Å². The molecule has 4 heteroatoms. The number of guanidine groups is 1. The van der Waals surface area contributed by atoms with Crippen molar-refractivity contribution in [3.05, 3.63) is 21.9 Å². The zero-order chi connectivity index (χ0) is 10.8. The quantitative estimate of drug-likeness (QED) is 0.584. The number of aliphatic imine (C=N–C) groups is 1. The number of rotatable bonds is 1. The maximum atomic E-state index is 5.95. The van der Waals surface area contributed by atoms with Crippen molar-refractivity contribution >= 4 is 17.3 Å². The van der Waals surface area contributed by atoms with Gasteiger partial charge in [0.15, 0.2) is 5.96 Å². The van der Waals surface area contributed by atoms with E-state index in [4.69, 9.17) is 5.73 Å². The summed E-state index contributed by atoms with van der Waals surface area (Å²) < 4.78 is 0. The van der Waals surface area contributed by atoms with Crippen molar-refractivity contribution < 1.29 is 0 Å². The van der Waals surface area contributed by atoms with Crippen LogP contribution in [0, 0.1) is 0 Å². The number of fused-ring (bicyclic) bond motifs is 1. The van der Waals surface area contributed by atoms with Gasteiger partial charge in [-0.05, 0) is 37.3 Å². The highest BCUT2D eigenvalue weighted by Crippen LogP contribution is 2.32. The molecule has 1 aromatic heterocycles. The van der Waals surface area contributed by atoms with Gasteiger partial charge in [-0.3, -0.25) is 4.99 Å². The van der Waals surface area contributed by atoms with E-state index in [1.807, 2.05) is 18.3 Å². The molecule has 0 spiro atoms. The molecule has 1 unspecified atom stereocenters. The molecule has 0 saturated heterocycles. The first-order chi connectivity index (χ1) is 7.24. The van der Waals surface area contributed by atoms with E-state index < -0.39 is 0 Å². The fourth-order valence-electron chi connectivity index (χ4n) is 2.08. The molecule has 0 radical (unpaired) electrons. The molecule has 0 fully saturated rings. The molecule has 1 aliphatic heterocycles. The van der Waals surface area contributed by atoms with Gasteiger partial charge in [-0.25, -0.2) is 0 Å². The number of hydrogen-bond acceptors (Lipinski definition) is 2. The summed E-state index contributed by atoms with van der Waals surface area (Å²) in [5, 5.41) is 2.16. The average Bonchev–Trinajstić information content (AvgIpc) is 2.67. The molecule has 15 heavy (non-hydrogen) atoms. The number of thiophene rings is 1. The van der Waals surface area contributed by atoms with Crippen LogP contribution in [0.1, 0.15) is 30.3 Å². The van der Waals surface area contributed by atoms with Crippen molar-refractivity contribution in [3.8, 4) is 0 Å². The zero-order valence-electron chi connectivity index (χ0n) is 9.23. The molecule has 0 amide bonds. The van der Waals surface area contributed by atoms with E-state index >= 15 is 0 Å². The number of nitrogens with two attached hydrogens (primary N) is 1. The largest absolute Gasteiger partial charge is 0.370 e. The lowest BCUT2D eigenvalue weighted by atomic mass is 10.0. The predicted molar refractivity (Wildman–Crippen MR) is 65.3 cm³/mol. The fraction of sp³-hybridized carbons (Fsp3) is 0.545. The Hall–Kier alpha value is -1.03. The topological polar surface area (TPSA) is 41.6 Å². The molecule has 2 N–H and O–H groups in total. The van der Waals surface area contributed by atoms with E-state index in [1.165, 1.54) is 10.4 Å². The Labute approximate surface area is 94.6 Å². The van der Waals surface area contributed by atoms with Gasteiger partial charge >= 0.3 is 0 Å². The van der Waals surface area contributed by atoms with Gasteiger partial charge in [0, 0.05) is 18.0 Å². The number of nitrogens with zero attached hydrogens (tertiary/aromatic N) is 2. The van der Waals surface area contributed by atoms with E-state index in [0.717, 1.165) is 19.5 Å². The summed E-state index contributed by atoms with van der Waals surface area (Å²) in [6.45, 7) is 5.95. The van der Waals surface area contributed by atoms with Crippen molar-refractivity contribution in [1.29, 1.82) is 0 Å². The molecule has 2 rings (SSSR count). The number of hydrogen-bond donors (Lipinski definition) is 1. The van der Waals surface area contributed by atoms with Gasteiger partial charge in [-0.2, -0.15) is 0 Å². The van der Waals surface area contributed by atoms with Gasteiger partial charge in [0.1, 0.15) is 0 Å². The minimum absolute atomic E-state index is 0.371. The second-order valence-corrected chi connectivity index (χ2v) is 4.75. The van der Waals surface area contributed by atoms with E-state index in [0.29, 0.717) is 12.0 Å². The highest BCUT2D eigenvalue weighted by atomic mass is 32.1. The molecule has 0 saturated carbocycles. The Morgan fingerprint density at radius 3 is 3.27 bits per heavy atom. The lowest BCUT2D eigenvalue weighted by Gasteiger charge is -2.34. The maximum Gasteiger partial charge on any atom is 0.191 e. The average molecular weight is 223 g/mol.